The molecule has 1 N–H and O–H groups in total. The molecule has 2 aliphatic rings. The number of anilines is 2. The monoisotopic (exact) mass is 305 g/mol. The average molecular weight is 306 g/mol. The van der Waals surface area contributed by atoms with Crippen LogP contribution in [0.2, 0.25) is 5.02 Å². The lowest BCUT2D eigenvalue weighted by molar-refractivity contribution is -0.0431. The minimum absolute atomic E-state index is 0.604. The Morgan fingerprint density at radius 1 is 1.00 bits per heavy atom. The van der Waals surface area contributed by atoms with Crippen LogP contribution in [0.25, 0.3) is 0 Å². The molecule has 20 heavy (non-hydrogen) atoms. The fourth-order valence-corrected chi connectivity index (χ4v) is 3.54. The molecule has 2 heterocycles. The Morgan fingerprint density at radius 2 is 1.70 bits per heavy atom. The molecule has 0 saturated carbocycles. The largest absolute Gasteiger partial charge is 0.449 e. The summed E-state index contributed by atoms with van der Waals surface area (Å²) in [4.78, 5) is 2.28. The molecular formula is C15H12ClNO2S. The van der Waals surface area contributed by atoms with Crippen LogP contribution in [0.1, 0.15) is 13.8 Å². The number of rotatable bonds is 0. The molecule has 4 rings (SSSR count). The van der Waals surface area contributed by atoms with E-state index in [1.165, 1.54) is 0 Å². The van der Waals surface area contributed by atoms with Gasteiger partial charge in [0.25, 0.3) is 0 Å². The van der Waals surface area contributed by atoms with E-state index in [2.05, 4.69) is 5.32 Å². The maximum absolute atomic E-state index is 6.04. The zero-order valence-corrected chi connectivity index (χ0v) is 12.6. The van der Waals surface area contributed by atoms with Crippen LogP contribution >= 0.6 is 23.4 Å². The van der Waals surface area contributed by atoms with E-state index in [4.69, 9.17) is 21.1 Å². The summed E-state index contributed by atoms with van der Waals surface area (Å²) in [6.45, 7) is 3.81. The third-order valence-corrected chi connectivity index (χ3v) is 4.56. The molecule has 102 valence electrons. The fourth-order valence-electron chi connectivity index (χ4n) is 2.39. The predicted molar refractivity (Wildman–Crippen MR) is 80.6 cm³/mol. The van der Waals surface area contributed by atoms with Gasteiger partial charge < -0.3 is 14.8 Å². The second-order valence-electron chi connectivity index (χ2n) is 5.27. The van der Waals surface area contributed by atoms with E-state index in [0.717, 1.165) is 37.7 Å². The number of hydrogen-bond donors (Lipinski definition) is 1. The average Bonchev–Trinajstić information content (AvgIpc) is 2.66. The van der Waals surface area contributed by atoms with Crippen molar-refractivity contribution < 1.29 is 9.47 Å². The van der Waals surface area contributed by atoms with Crippen molar-refractivity contribution in [3.63, 3.8) is 0 Å². The predicted octanol–water partition coefficient (Wildman–Crippen LogP) is 5.06. The normalized spacial score (nSPS) is 17.1. The van der Waals surface area contributed by atoms with Gasteiger partial charge in [-0.1, -0.05) is 23.4 Å². The van der Waals surface area contributed by atoms with Gasteiger partial charge in [0, 0.05) is 40.8 Å². The Hall–Kier alpha value is -1.52. The summed E-state index contributed by atoms with van der Waals surface area (Å²) < 4.78 is 11.6. The van der Waals surface area contributed by atoms with Crippen LogP contribution in [-0.4, -0.2) is 5.79 Å². The summed E-state index contributed by atoms with van der Waals surface area (Å²) >= 11 is 7.74. The van der Waals surface area contributed by atoms with Gasteiger partial charge in [0.1, 0.15) is 0 Å². The van der Waals surface area contributed by atoms with Crippen molar-refractivity contribution in [3.05, 3.63) is 35.4 Å². The first kappa shape index (κ1) is 12.2. The van der Waals surface area contributed by atoms with Crippen molar-refractivity contribution in [1.82, 2.24) is 0 Å². The van der Waals surface area contributed by atoms with E-state index < -0.39 is 5.79 Å². The molecule has 2 aliphatic heterocycles. The summed E-state index contributed by atoms with van der Waals surface area (Å²) in [7, 11) is 0. The molecule has 3 nitrogen and oxygen atoms in total. The van der Waals surface area contributed by atoms with Crippen molar-refractivity contribution in [1.29, 1.82) is 0 Å². The highest BCUT2D eigenvalue weighted by Crippen LogP contribution is 2.51. The molecule has 0 unspecified atom stereocenters. The summed E-state index contributed by atoms with van der Waals surface area (Å²) in [6.07, 6.45) is 0. The van der Waals surface area contributed by atoms with Crippen LogP contribution < -0.4 is 14.8 Å². The van der Waals surface area contributed by atoms with Gasteiger partial charge >= 0.3 is 0 Å². The summed E-state index contributed by atoms with van der Waals surface area (Å²) in [5.41, 5.74) is 2.04. The molecule has 0 radical (unpaired) electrons. The molecule has 5 heteroatoms. The maximum atomic E-state index is 6.04. The number of nitrogens with one attached hydrogen (secondary N) is 1. The van der Waals surface area contributed by atoms with Gasteiger partial charge in [-0.15, -0.1) is 0 Å². The van der Waals surface area contributed by atoms with Crippen LogP contribution in [0.5, 0.6) is 11.5 Å². The molecule has 0 spiro atoms. The molecule has 2 aromatic rings. The van der Waals surface area contributed by atoms with Gasteiger partial charge in [0.2, 0.25) is 5.79 Å². The van der Waals surface area contributed by atoms with E-state index in [0.29, 0.717) is 0 Å². The highest BCUT2D eigenvalue weighted by Gasteiger charge is 2.33. The fraction of sp³-hybridized carbons (Fsp3) is 0.200. The number of fused-ring (bicyclic) bond motifs is 3. The van der Waals surface area contributed by atoms with E-state index >= 15 is 0 Å². The minimum atomic E-state index is -0.604. The van der Waals surface area contributed by atoms with Gasteiger partial charge in [-0.25, -0.2) is 0 Å². The first-order valence-electron chi connectivity index (χ1n) is 6.31. The Labute approximate surface area is 126 Å². The molecule has 0 fully saturated rings. The van der Waals surface area contributed by atoms with E-state index in [1.54, 1.807) is 11.8 Å². The molecule has 2 aromatic carbocycles. The van der Waals surface area contributed by atoms with Gasteiger partial charge in [0.15, 0.2) is 11.5 Å². The first-order valence-corrected chi connectivity index (χ1v) is 7.50. The molecule has 0 aliphatic carbocycles. The minimum Gasteiger partial charge on any atom is -0.449 e. The number of ether oxygens (including phenoxy) is 2. The van der Waals surface area contributed by atoms with Crippen LogP contribution in [0.3, 0.4) is 0 Å². The molecule has 0 atom stereocenters. The van der Waals surface area contributed by atoms with Crippen molar-refractivity contribution in [2.45, 2.75) is 29.4 Å². The molecular weight excluding hydrogens is 294 g/mol. The maximum Gasteiger partial charge on any atom is 0.246 e. The zero-order chi connectivity index (χ0) is 13.9. The van der Waals surface area contributed by atoms with Crippen LogP contribution in [-0.2, 0) is 0 Å². The van der Waals surface area contributed by atoms with Crippen molar-refractivity contribution in [2.24, 2.45) is 0 Å². The highest BCUT2D eigenvalue weighted by atomic mass is 35.5. The zero-order valence-electron chi connectivity index (χ0n) is 11.0. The van der Waals surface area contributed by atoms with Crippen molar-refractivity contribution >= 4 is 34.7 Å². The van der Waals surface area contributed by atoms with Gasteiger partial charge in [-0.3, -0.25) is 0 Å². The Kier molecular flexibility index (Phi) is 2.44. The highest BCUT2D eigenvalue weighted by molar-refractivity contribution is 7.99. The van der Waals surface area contributed by atoms with Gasteiger partial charge in [-0.2, -0.15) is 0 Å². The SMILES string of the molecule is CC1(C)Oc2cc3c(cc2O1)Sc1ccc(Cl)cc1N3. The van der Waals surface area contributed by atoms with Crippen LogP contribution in [0, 0.1) is 0 Å². The third kappa shape index (κ3) is 1.91. The second-order valence-corrected chi connectivity index (χ2v) is 6.79. The lowest BCUT2D eigenvalue weighted by Gasteiger charge is -2.21. The number of halogens is 1. The van der Waals surface area contributed by atoms with Gasteiger partial charge in [0.05, 0.1) is 11.4 Å². The Morgan fingerprint density at radius 3 is 2.50 bits per heavy atom. The van der Waals surface area contributed by atoms with Gasteiger partial charge in [-0.05, 0) is 18.2 Å². The van der Waals surface area contributed by atoms with E-state index in [9.17, 15) is 0 Å². The van der Waals surface area contributed by atoms with Crippen molar-refractivity contribution in [3.8, 4) is 11.5 Å². The number of hydrogen-bond acceptors (Lipinski definition) is 4. The van der Waals surface area contributed by atoms with Crippen molar-refractivity contribution in [2.75, 3.05) is 5.32 Å². The molecule has 0 saturated heterocycles. The lowest BCUT2D eigenvalue weighted by atomic mass is 10.2. The smallest absolute Gasteiger partial charge is 0.246 e. The summed E-state index contributed by atoms with van der Waals surface area (Å²) in [5.74, 6) is 0.959. The number of benzene rings is 2. The molecule has 0 bridgehead atoms. The summed E-state index contributed by atoms with van der Waals surface area (Å²) in [5, 5.41) is 4.12. The quantitative estimate of drug-likeness (QED) is 0.629. The standard InChI is InChI=1S/C15H12ClNO2S/c1-15(2)18-11-6-10-14(7-12(11)19-15)20-13-4-3-8(16)5-9(13)17-10/h3-7,17H,1-2H3. The van der Waals surface area contributed by atoms with E-state index in [1.807, 2.05) is 44.2 Å². The first-order chi connectivity index (χ1) is 9.50. The van der Waals surface area contributed by atoms with Crippen LogP contribution in [0.15, 0.2) is 40.1 Å². The molecule has 0 aromatic heterocycles. The molecule has 0 amide bonds. The lowest BCUT2D eigenvalue weighted by Crippen LogP contribution is -2.29. The summed E-state index contributed by atoms with van der Waals surface area (Å²) in [6, 6.07) is 9.86. The van der Waals surface area contributed by atoms with E-state index in [-0.39, 0.29) is 0 Å². The second kappa shape index (κ2) is 3.99. The Balaban J connectivity index is 1.78. The Bertz CT molecular complexity index is 730. The third-order valence-electron chi connectivity index (χ3n) is 3.19. The topological polar surface area (TPSA) is 30.5 Å². The van der Waals surface area contributed by atoms with Crippen LogP contribution in [0.4, 0.5) is 11.4 Å².